The van der Waals surface area contributed by atoms with Crippen LogP contribution in [0, 0.1) is 0 Å². The van der Waals surface area contributed by atoms with Crippen molar-refractivity contribution in [3.8, 4) is 0 Å². The van der Waals surface area contributed by atoms with Gasteiger partial charge in [-0.25, -0.2) is 4.79 Å². The highest BCUT2D eigenvalue weighted by Crippen LogP contribution is 2.31. The number of rotatable bonds is 3. The second kappa shape index (κ2) is 8.73. The summed E-state index contributed by atoms with van der Waals surface area (Å²) in [5.41, 5.74) is 1.68. The fraction of sp³-hybridized carbons (Fsp3) is 0.625. The molecular weight excluding hydrogens is 408 g/mol. The van der Waals surface area contributed by atoms with Crippen LogP contribution in [0.15, 0.2) is 24.3 Å². The molecule has 8 nitrogen and oxygen atoms in total. The Bertz CT molecular complexity index is 865. The van der Waals surface area contributed by atoms with Crippen molar-refractivity contribution in [1.82, 2.24) is 14.7 Å². The molecule has 1 atom stereocenters. The summed E-state index contributed by atoms with van der Waals surface area (Å²) < 4.78 is 5.48. The monoisotopic (exact) mass is 442 g/mol. The van der Waals surface area contributed by atoms with E-state index in [0.29, 0.717) is 32.0 Å². The highest BCUT2D eigenvalue weighted by molar-refractivity contribution is 6.00. The maximum atomic E-state index is 12.4. The van der Waals surface area contributed by atoms with E-state index in [2.05, 4.69) is 21.9 Å². The molecule has 174 valence electrons. The summed E-state index contributed by atoms with van der Waals surface area (Å²) >= 11 is 0. The number of likely N-dealkylation sites (N-methyl/N-ethyl adjacent to an activating group) is 1. The van der Waals surface area contributed by atoms with Gasteiger partial charge in [0, 0.05) is 64.5 Å². The van der Waals surface area contributed by atoms with E-state index in [4.69, 9.17) is 4.74 Å². The predicted octanol–water partition coefficient (Wildman–Crippen LogP) is 2.29. The smallest absolute Gasteiger partial charge is 0.410 e. The summed E-state index contributed by atoms with van der Waals surface area (Å²) in [7, 11) is 1.57. The van der Waals surface area contributed by atoms with E-state index >= 15 is 0 Å². The van der Waals surface area contributed by atoms with Crippen LogP contribution in [-0.4, -0.2) is 90.6 Å². The molecule has 0 spiro atoms. The first-order valence-corrected chi connectivity index (χ1v) is 11.5. The molecule has 3 aliphatic heterocycles. The second-order valence-electron chi connectivity index (χ2n) is 10.0. The number of amides is 3. The molecule has 0 aliphatic carbocycles. The molecule has 4 rings (SSSR count). The van der Waals surface area contributed by atoms with Crippen LogP contribution in [0.5, 0.6) is 0 Å². The van der Waals surface area contributed by atoms with Crippen molar-refractivity contribution >= 4 is 23.6 Å². The van der Waals surface area contributed by atoms with Crippen LogP contribution >= 0.6 is 0 Å². The largest absolute Gasteiger partial charge is 0.444 e. The normalized spacial score (nSPS) is 23.4. The third-order valence-corrected chi connectivity index (χ3v) is 6.65. The number of ether oxygens (including phenoxy) is 1. The van der Waals surface area contributed by atoms with Crippen LogP contribution in [0.3, 0.4) is 0 Å². The van der Waals surface area contributed by atoms with E-state index in [1.54, 1.807) is 11.9 Å². The first kappa shape index (κ1) is 22.6. The van der Waals surface area contributed by atoms with Gasteiger partial charge in [0.1, 0.15) is 5.60 Å². The Balaban J connectivity index is 1.25. The van der Waals surface area contributed by atoms with Crippen molar-refractivity contribution in [2.24, 2.45) is 0 Å². The minimum atomic E-state index is -0.462. The van der Waals surface area contributed by atoms with Crippen LogP contribution in [0.4, 0.5) is 10.5 Å². The Labute approximate surface area is 190 Å². The average molecular weight is 443 g/mol. The number of likely N-dealkylation sites (tertiary alicyclic amines) is 1. The molecule has 3 saturated heterocycles. The standard InChI is InChI=1S/C24H34N4O4/c1-24(2,3)32-23(31)27-13-11-26(12-14-27)19-15-28(16-19)18-7-5-17(6-8-18)20-9-10-21(29)25(4)22(20)30/h5-8,19-20H,9-16H2,1-4H3. The van der Waals surface area contributed by atoms with Gasteiger partial charge in [-0.15, -0.1) is 0 Å². The molecule has 3 amide bonds. The Morgan fingerprint density at radius 2 is 1.62 bits per heavy atom. The third kappa shape index (κ3) is 4.75. The number of hydrogen-bond donors (Lipinski definition) is 0. The van der Waals surface area contributed by atoms with E-state index < -0.39 is 5.60 Å². The van der Waals surface area contributed by atoms with Gasteiger partial charge in [-0.1, -0.05) is 12.1 Å². The fourth-order valence-electron chi connectivity index (χ4n) is 4.64. The topological polar surface area (TPSA) is 73.4 Å². The zero-order valence-electron chi connectivity index (χ0n) is 19.5. The van der Waals surface area contributed by atoms with Crippen molar-refractivity contribution < 1.29 is 19.1 Å². The molecule has 3 aliphatic rings. The number of piperidine rings is 1. The molecule has 8 heteroatoms. The number of anilines is 1. The molecule has 3 heterocycles. The Kier molecular flexibility index (Phi) is 6.16. The Morgan fingerprint density at radius 1 is 1.00 bits per heavy atom. The zero-order valence-corrected chi connectivity index (χ0v) is 19.5. The summed E-state index contributed by atoms with van der Waals surface area (Å²) in [6.07, 6.45) is 0.783. The van der Waals surface area contributed by atoms with Crippen molar-refractivity contribution in [2.75, 3.05) is 51.2 Å². The highest BCUT2D eigenvalue weighted by Gasteiger charge is 2.36. The van der Waals surface area contributed by atoms with Gasteiger partial charge in [-0.3, -0.25) is 19.4 Å². The van der Waals surface area contributed by atoms with Crippen LogP contribution in [0.25, 0.3) is 0 Å². The van der Waals surface area contributed by atoms with E-state index in [0.717, 1.165) is 37.4 Å². The minimum absolute atomic E-state index is 0.0959. The molecule has 3 fully saturated rings. The molecule has 0 bridgehead atoms. The van der Waals surface area contributed by atoms with Gasteiger partial charge in [0.2, 0.25) is 11.8 Å². The van der Waals surface area contributed by atoms with Gasteiger partial charge in [-0.2, -0.15) is 0 Å². The summed E-state index contributed by atoms with van der Waals surface area (Å²) in [5, 5.41) is 0. The summed E-state index contributed by atoms with van der Waals surface area (Å²) in [6.45, 7) is 10.7. The van der Waals surface area contributed by atoms with Crippen molar-refractivity contribution in [3.63, 3.8) is 0 Å². The van der Waals surface area contributed by atoms with E-state index in [9.17, 15) is 14.4 Å². The molecule has 32 heavy (non-hydrogen) atoms. The van der Waals surface area contributed by atoms with Gasteiger partial charge < -0.3 is 14.5 Å². The van der Waals surface area contributed by atoms with Crippen molar-refractivity contribution in [1.29, 1.82) is 0 Å². The van der Waals surface area contributed by atoms with E-state index in [1.165, 1.54) is 4.90 Å². The first-order chi connectivity index (χ1) is 15.1. The number of hydrogen-bond acceptors (Lipinski definition) is 6. The average Bonchev–Trinajstić information content (AvgIpc) is 2.71. The second-order valence-corrected chi connectivity index (χ2v) is 10.0. The molecular formula is C24H34N4O4. The lowest BCUT2D eigenvalue weighted by molar-refractivity contribution is -0.147. The van der Waals surface area contributed by atoms with Crippen LogP contribution < -0.4 is 4.90 Å². The molecule has 0 N–H and O–H groups in total. The summed E-state index contributed by atoms with van der Waals surface area (Å²) in [4.78, 5) is 44.2. The molecule has 1 aromatic carbocycles. The predicted molar refractivity (Wildman–Crippen MR) is 122 cm³/mol. The highest BCUT2D eigenvalue weighted by atomic mass is 16.6. The van der Waals surface area contributed by atoms with Gasteiger partial charge in [0.25, 0.3) is 0 Å². The quantitative estimate of drug-likeness (QED) is 0.669. The van der Waals surface area contributed by atoms with E-state index in [1.807, 2.05) is 32.9 Å². The number of nitrogens with zero attached hydrogens (tertiary/aromatic N) is 4. The summed E-state index contributed by atoms with van der Waals surface area (Å²) in [6, 6.07) is 8.70. The fourth-order valence-corrected chi connectivity index (χ4v) is 4.64. The number of carbonyl (C=O) groups is 3. The number of imide groups is 1. The maximum Gasteiger partial charge on any atom is 0.410 e. The first-order valence-electron chi connectivity index (χ1n) is 11.5. The van der Waals surface area contributed by atoms with Crippen LogP contribution in [0.1, 0.15) is 45.1 Å². The van der Waals surface area contributed by atoms with Crippen molar-refractivity contribution in [2.45, 2.75) is 51.2 Å². The zero-order chi connectivity index (χ0) is 23.0. The molecule has 0 aromatic heterocycles. The summed E-state index contributed by atoms with van der Waals surface area (Å²) in [5.74, 6) is -0.429. The third-order valence-electron chi connectivity index (χ3n) is 6.65. The minimum Gasteiger partial charge on any atom is -0.444 e. The number of piperazine rings is 1. The molecule has 1 unspecified atom stereocenters. The molecule has 0 radical (unpaired) electrons. The number of benzene rings is 1. The van der Waals surface area contributed by atoms with Crippen LogP contribution in [0.2, 0.25) is 0 Å². The Hall–Kier alpha value is -2.61. The van der Waals surface area contributed by atoms with E-state index in [-0.39, 0.29) is 23.8 Å². The lowest BCUT2D eigenvalue weighted by Gasteiger charge is -2.49. The molecule has 1 aromatic rings. The number of carbonyl (C=O) groups excluding carboxylic acids is 3. The maximum absolute atomic E-state index is 12.4. The van der Waals surface area contributed by atoms with Gasteiger partial charge >= 0.3 is 6.09 Å². The van der Waals surface area contributed by atoms with Gasteiger partial charge in [0.05, 0.1) is 5.92 Å². The van der Waals surface area contributed by atoms with Crippen molar-refractivity contribution in [3.05, 3.63) is 29.8 Å². The lowest BCUT2D eigenvalue weighted by Crippen LogP contribution is -2.63. The van der Waals surface area contributed by atoms with Crippen LogP contribution in [-0.2, 0) is 14.3 Å². The van der Waals surface area contributed by atoms with Gasteiger partial charge in [-0.05, 0) is 44.9 Å². The Morgan fingerprint density at radius 3 is 2.22 bits per heavy atom. The SMILES string of the molecule is CN1C(=O)CCC(c2ccc(N3CC(N4CCN(C(=O)OC(C)(C)C)CC4)C3)cc2)C1=O. The lowest BCUT2D eigenvalue weighted by atomic mass is 9.89. The molecule has 0 saturated carbocycles. The van der Waals surface area contributed by atoms with Gasteiger partial charge in [0.15, 0.2) is 0 Å².